The summed E-state index contributed by atoms with van der Waals surface area (Å²) in [6, 6.07) is 31.9. The van der Waals surface area contributed by atoms with Crippen LogP contribution in [-0.2, 0) is 36.9 Å². The number of alkyl carbamates (subject to hydrolysis) is 1. The molecule has 4 aromatic carbocycles. The summed E-state index contributed by atoms with van der Waals surface area (Å²) in [5, 5.41) is 18.9. The van der Waals surface area contributed by atoms with Gasteiger partial charge >= 0.3 is 12.1 Å². The van der Waals surface area contributed by atoms with Crippen molar-refractivity contribution in [2.24, 2.45) is 5.92 Å². The van der Waals surface area contributed by atoms with Crippen LogP contribution in [0, 0.1) is 5.92 Å². The second-order valence-corrected chi connectivity index (χ2v) is 16.0. The maximum absolute atomic E-state index is 13.8. The van der Waals surface area contributed by atoms with Gasteiger partial charge in [-0.15, -0.1) is 13.2 Å². The topological polar surface area (TPSA) is 152 Å². The van der Waals surface area contributed by atoms with Crippen molar-refractivity contribution in [3.05, 3.63) is 151 Å². The van der Waals surface area contributed by atoms with Gasteiger partial charge in [0.25, 0.3) is 0 Å². The molecule has 3 amide bonds. The molecule has 1 saturated carbocycles. The molecular formula is C50H57N3O8. The lowest BCUT2D eigenvalue weighted by molar-refractivity contribution is -0.149. The third kappa shape index (κ3) is 12.2. The lowest BCUT2D eigenvalue weighted by Gasteiger charge is -2.32. The van der Waals surface area contributed by atoms with Gasteiger partial charge in [-0.2, -0.15) is 0 Å². The van der Waals surface area contributed by atoms with E-state index in [1.54, 1.807) is 12.2 Å². The monoisotopic (exact) mass is 827 g/mol. The maximum atomic E-state index is 13.8. The minimum Gasteiger partial charge on any atom is -0.489 e. The van der Waals surface area contributed by atoms with Gasteiger partial charge in [-0.3, -0.25) is 9.59 Å². The molecule has 2 aliphatic rings. The molecule has 0 spiro atoms. The van der Waals surface area contributed by atoms with Crippen molar-refractivity contribution in [1.82, 2.24) is 16.0 Å². The number of allylic oxidation sites excluding steroid dienone is 2. The third-order valence-corrected chi connectivity index (χ3v) is 11.5. The van der Waals surface area contributed by atoms with Crippen LogP contribution in [0.25, 0.3) is 11.1 Å². The van der Waals surface area contributed by atoms with Crippen LogP contribution in [0.15, 0.2) is 128 Å². The standard InChI is InChI=1S/C50H57N3O8/c1-3-5-22-45(52-49(58)60-33-44-42-20-11-9-18-40(42)41-19-10-12-21-43(41)44)48(57)61-34-50(27-13-14-28-50)53-47(56)37(15-4-2)30-46(55)51-38(31-54)29-35-23-25-39(26-24-35)59-32-36-16-7-6-8-17-36/h3-4,6-12,16-21,23-26,37-38,44-45,54H,1-2,5,13-15,22,27-34H2,(H,51,55)(H,52,58)(H,53,56). The van der Waals surface area contributed by atoms with E-state index in [-0.39, 0.29) is 56.8 Å². The Hall–Kier alpha value is -6.20. The van der Waals surface area contributed by atoms with Crippen LogP contribution in [0.5, 0.6) is 5.75 Å². The maximum Gasteiger partial charge on any atom is 0.407 e. The number of rotatable bonds is 22. The summed E-state index contributed by atoms with van der Waals surface area (Å²) in [6.45, 7) is 7.75. The Kier molecular flexibility index (Phi) is 15.9. The van der Waals surface area contributed by atoms with Crippen molar-refractivity contribution < 1.29 is 38.5 Å². The molecule has 320 valence electrons. The fourth-order valence-corrected chi connectivity index (χ4v) is 8.25. The number of carbonyl (C=O) groups is 4. The van der Waals surface area contributed by atoms with Crippen LogP contribution in [-0.4, -0.2) is 66.4 Å². The van der Waals surface area contributed by atoms with Gasteiger partial charge < -0.3 is 35.3 Å². The number of benzene rings is 4. The molecule has 0 aromatic heterocycles. The molecule has 0 bridgehead atoms. The largest absolute Gasteiger partial charge is 0.489 e. The van der Waals surface area contributed by atoms with Crippen molar-refractivity contribution in [2.45, 2.75) is 87.9 Å². The van der Waals surface area contributed by atoms with Crippen molar-refractivity contribution in [3.63, 3.8) is 0 Å². The molecule has 0 heterocycles. The number of carbonyl (C=O) groups excluding carboxylic acids is 4. The van der Waals surface area contributed by atoms with Crippen molar-refractivity contribution >= 4 is 23.9 Å². The Morgan fingerprint density at radius 2 is 1.44 bits per heavy atom. The number of aliphatic hydroxyl groups excluding tert-OH is 1. The molecule has 1 fully saturated rings. The van der Waals surface area contributed by atoms with E-state index in [4.69, 9.17) is 14.2 Å². The summed E-state index contributed by atoms with van der Waals surface area (Å²) >= 11 is 0. The number of fused-ring (bicyclic) bond motifs is 3. The first-order valence-corrected chi connectivity index (χ1v) is 21.2. The van der Waals surface area contributed by atoms with Crippen LogP contribution in [0.3, 0.4) is 0 Å². The highest BCUT2D eigenvalue weighted by molar-refractivity contribution is 5.87. The molecule has 11 nitrogen and oxygen atoms in total. The number of hydrogen-bond acceptors (Lipinski definition) is 8. The molecule has 3 atom stereocenters. The van der Waals surface area contributed by atoms with Crippen LogP contribution >= 0.6 is 0 Å². The van der Waals surface area contributed by atoms with E-state index in [0.29, 0.717) is 38.0 Å². The smallest absolute Gasteiger partial charge is 0.407 e. The molecular weight excluding hydrogens is 771 g/mol. The number of ether oxygens (including phenoxy) is 3. The zero-order chi connectivity index (χ0) is 43.0. The summed E-state index contributed by atoms with van der Waals surface area (Å²) < 4.78 is 17.4. The number of nitrogens with one attached hydrogen (secondary N) is 3. The van der Waals surface area contributed by atoms with Gasteiger partial charge in [0.05, 0.1) is 24.1 Å². The summed E-state index contributed by atoms with van der Waals surface area (Å²) in [6.07, 6.45) is 6.56. The predicted molar refractivity (Wildman–Crippen MR) is 235 cm³/mol. The lowest BCUT2D eigenvalue weighted by atomic mass is 9.94. The first-order chi connectivity index (χ1) is 29.7. The summed E-state index contributed by atoms with van der Waals surface area (Å²) in [4.78, 5) is 53.9. The van der Waals surface area contributed by atoms with Crippen LogP contribution in [0.2, 0.25) is 0 Å². The highest BCUT2D eigenvalue weighted by atomic mass is 16.6. The molecule has 4 N–H and O–H groups in total. The van der Waals surface area contributed by atoms with E-state index >= 15 is 0 Å². The minimum absolute atomic E-state index is 0.0930. The number of hydrogen-bond donors (Lipinski definition) is 4. The average molecular weight is 828 g/mol. The Bertz CT molecular complexity index is 2070. The zero-order valence-electron chi connectivity index (χ0n) is 34.7. The minimum atomic E-state index is -0.995. The van der Waals surface area contributed by atoms with Gasteiger partial charge in [-0.25, -0.2) is 9.59 Å². The van der Waals surface area contributed by atoms with Crippen molar-refractivity contribution in [1.29, 1.82) is 0 Å². The molecule has 6 rings (SSSR count). The van der Waals surface area contributed by atoms with Crippen molar-refractivity contribution in [3.8, 4) is 16.9 Å². The summed E-state index contributed by atoms with van der Waals surface area (Å²) in [5.74, 6) is -1.52. The Balaban J connectivity index is 0.997. The molecule has 0 saturated heterocycles. The van der Waals surface area contributed by atoms with Crippen LogP contribution in [0.4, 0.5) is 4.79 Å². The highest BCUT2D eigenvalue weighted by Gasteiger charge is 2.39. The second-order valence-electron chi connectivity index (χ2n) is 16.0. The normalized spacial score (nSPS) is 15.2. The van der Waals surface area contributed by atoms with Gasteiger partial charge in [0.2, 0.25) is 11.8 Å². The van der Waals surface area contributed by atoms with Gasteiger partial charge in [-0.05, 0) is 84.0 Å². The molecule has 0 aliphatic heterocycles. The van der Waals surface area contributed by atoms with Gasteiger partial charge in [0.15, 0.2) is 0 Å². The first kappa shape index (κ1) is 44.4. The fourth-order valence-electron chi connectivity index (χ4n) is 8.25. The molecule has 61 heavy (non-hydrogen) atoms. The Morgan fingerprint density at radius 3 is 2.08 bits per heavy atom. The van der Waals surface area contributed by atoms with E-state index < -0.39 is 35.6 Å². The SMILES string of the molecule is C=CCCC(NC(=O)OCC1c2ccccc2-c2ccccc21)C(=O)OCC1(NC(=O)C(CC=C)CC(=O)NC(CO)Cc2ccc(OCc3ccccc3)cc2)CCCC1. The molecule has 3 unspecified atom stereocenters. The summed E-state index contributed by atoms with van der Waals surface area (Å²) in [7, 11) is 0. The summed E-state index contributed by atoms with van der Waals surface area (Å²) in [5.41, 5.74) is 5.52. The van der Waals surface area contributed by atoms with E-state index in [1.165, 1.54) is 0 Å². The van der Waals surface area contributed by atoms with Crippen LogP contribution < -0.4 is 20.7 Å². The molecule has 2 aliphatic carbocycles. The molecule has 4 aromatic rings. The van der Waals surface area contributed by atoms with Crippen LogP contribution in [0.1, 0.15) is 79.5 Å². The second kappa shape index (κ2) is 21.9. The Labute approximate surface area is 358 Å². The van der Waals surface area contributed by atoms with Gasteiger partial charge in [-0.1, -0.05) is 116 Å². The zero-order valence-corrected chi connectivity index (χ0v) is 34.7. The quantitative estimate of drug-likeness (QED) is 0.0465. The number of aliphatic hydroxyl groups is 1. The highest BCUT2D eigenvalue weighted by Crippen LogP contribution is 2.44. The lowest BCUT2D eigenvalue weighted by Crippen LogP contribution is -2.53. The van der Waals surface area contributed by atoms with E-state index in [9.17, 15) is 24.3 Å². The molecule has 0 radical (unpaired) electrons. The average Bonchev–Trinajstić information content (AvgIpc) is 3.88. The van der Waals surface area contributed by atoms with E-state index in [0.717, 1.165) is 46.2 Å². The predicted octanol–water partition coefficient (Wildman–Crippen LogP) is 7.71. The fraction of sp³-hybridized carbons (Fsp3) is 0.360. The van der Waals surface area contributed by atoms with Crippen molar-refractivity contribution in [2.75, 3.05) is 19.8 Å². The van der Waals surface area contributed by atoms with Gasteiger partial charge in [0.1, 0.15) is 31.6 Å². The van der Waals surface area contributed by atoms with Gasteiger partial charge in [0, 0.05) is 12.3 Å². The number of amides is 3. The van der Waals surface area contributed by atoms with E-state index in [1.807, 2.05) is 91.0 Å². The molecule has 11 heteroatoms. The third-order valence-electron chi connectivity index (χ3n) is 11.5. The van der Waals surface area contributed by atoms with E-state index in [2.05, 4.69) is 41.2 Å². The first-order valence-electron chi connectivity index (χ1n) is 21.2. The number of esters is 1. The Morgan fingerprint density at radius 1 is 0.787 bits per heavy atom.